The summed E-state index contributed by atoms with van der Waals surface area (Å²) in [4.78, 5) is 32.6. The van der Waals surface area contributed by atoms with Gasteiger partial charge in [-0.25, -0.2) is 4.79 Å². The Kier molecular flexibility index (Phi) is 3.40. The minimum Gasteiger partial charge on any atom is -0.480 e. The standard InChI is InChI=1S/C7H11NO4/c1-4(7(11)12)8(5(2)9)6(3)10/h4H,1-3H3,(H,11,12). The first-order chi connectivity index (χ1) is 5.37. The van der Waals surface area contributed by atoms with Crippen LogP contribution >= 0.6 is 0 Å². The van der Waals surface area contributed by atoms with E-state index in [2.05, 4.69) is 0 Å². The van der Waals surface area contributed by atoms with E-state index >= 15 is 0 Å². The molecule has 0 aromatic rings. The molecule has 68 valence electrons. The Bertz CT molecular complexity index is 209. The van der Waals surface area contributed by atoms with Gasteiger partial charge < -0.3 is 5.11 Å². The fraction of sp³-hybridized carbons (Fsp3) is 0.571. The van der Waals surface area contributed by atoms with Crippen LogP contribution in [0.25, 0.3) is 0 Å². The fourth-order valence-corrected chi connectivity index (χ4v) is 0.878. The van der Waals surface area contributed by atoms with E-state index in [4.69, 9.17) is 5.11 Å². The largest absolute Gasteiger partial charge is 0.480 e. The third-order valence-electron chi connectivity index (χ3n) is 1.42. The molecule has 0 bridgehead atoms. The number of nitrogens with zero attached hydrogens (tertiary/aromatic N) is 1. The van der Waals surface area contributed by atoms with Crippen LogP contribution in [0.4, 0.5) is 0 Å². The van der Waals surface area contributed by atoms with Gasteiger partial charge in [-0.05, 0) is 6.92 Å². The van der Waals surface area contributed by atoms with Crippen LogP contribution in [-0.2, 0) is 14.4 Å². The molecule has 1 N–H and O–H groups in total. The Morgan fingerprint density at radius 2 is 1.50 bits per heavy atom. The molecule has 12 heavy (non-hydrogen) atoms. The minimum absolute atomic E-state index is 0.558. The smallest absolute Gasteiger partial charge is 0.326 e. The molecule has 1 unspecified atom stereocenters. The predicted molar refractivity (Wildman–Crippen MR) is 40.3 cm³/mol. The highest BCUT2D eigenvalue weighted by Gasteiger charge is 2.25. The average molecular weight is 173 g/mol. The second-order valence-electron chi connectivity index (χ2n) is 2.42. The lowest BCUT2D eigenvalue weighted by Crippen LogP contribution is -2.44. The van der Waals surface area contributed by atoms with Crippen molar-refractivity contribution < 1.29 is 19.5 Å². The summed E-state index contributed by atoms with van der Waals surface area (Å²) in [7, 11) is 0. The van der Waals surface area contributed by atoms with E-state index in [0.717, 1.165) is 13.8 Å². The molecule has 0 heterocycles. The zero-order chi connectivity index (χ0) is 9.89. The first-order valence-electron chi connectivity index (χ1n) is 3.41. The van der Waals surface area contributed by atoms with Gasteiger partial charge in [0.15, 0.2) is 0 Å². The van der Waals surface area contributed by atoms with Gasteiger partial charge in [-0.2, -0.15) is 0 Å². The molecule has 0 spiro atoms. The second kappa shape index (κ2) is 3.85. The maximum Gasteiger partial charge on any atom is 0.326 e. The molecule has 0 rings (SSSR count). The molecule has 2 amide bonds. The van der Waals surface area contributed by atoms with Crippen LogP contribution in [0.1, 0.15) is 20.8 Å². The lowest BCUT2D eigenvalue weighted by Gasteiger charge is -2.20. The van der Waals surface area contributed by atoms with Crippen molar-refractivity contribution >= 4 is 17.8 Å². The zero-order valence-corrected chi connectivity index (χ0v) is 7.20. The van der Waals surface area contributed by atoms with Crippen molar-refractivity contribution in [1.29, 1.82) is 0 Å². The number of carbonyl (C=O) groups excluding carboxylic acids is 2. The van der Waals surface area contributed by atoms with Crippen LogP contribution in [0.5, 0.6) is 0 Å². The number of aliphatic carboxylic acids is 1. The molecule has 0 aliphatic carbocycles. The molecule has 0 radical (unpaired) electrons. The summed E-state index contributed by atoms with van der Waals surface area (Å²) in [6.45, 7) is 3.59. The Hall–Kier alpha value is -1.39. The van der Waals surface area contributed by atoms with Crippen LogP contribution in [0.2, 0.25) is 0 Å². The summed E-state index contributed by atoms with van der Waals surface area (Å²) in [6.07, 6.45) is 0. The number of carboxylic acid groups (broad SMARTS) is 1. The number of rotatable bonds is 2. The topological polar surface area (TPSA) is 74.7 Å². The Labute approximate surface area is 70.0 Å². The molecule has 0 aromatic carbocycles. The fourth-order valence-electron chi connectivity index (χ4n) is 0.878. The van der Waals surface area contributed by atoms with E-state index in [0.29, 0.717) is 4.90 Å². The van der Waals surface area contributed by atoms with Gasteiger partial charge in [0.05, 0.1) is 0 Å². The van der Waals surface area contributed by atoms with E-state index in [9.17, 15) is 14.4 Å². The second-order valence-corrected chi connectivity index (χ2v) is 2.42. The summed E-state index contributed by atoms with van der Waals surface area (Å²) in [6, 6.07) is -1.10. The molecular weight excluding hydrogens is 162 g/mol. The van der Waals surface area contributed by atoms with Crippen LogP contribution < -0.4 is 0 Å². The van der Waals surface area contributed by atoms with Crippen LogP contribution in [0, 0.1) is 0 Å². The van der Waals surface area contributed by atoms with Crippen molar-refractivity contribution in [2.24, 2.45) is 0 Å². The van der Waals surface area contributed by atoms with Crippen LogP contribution in [-0.4, -0.2) is 33.8 Å². The predicted octanol–water partition coefficient (Wildman–Crippen LogP) is -0.145. The summed E-state index contributed by atoms with van der Waals surface area (Å²) < 4.78 is 0. The minimum atomic E-state index is -1.19. The van der Waals surface area contributed by atoms with Gasteiger partial charge in [0.25, 0.3) is 0 Å². The normalized spacial score (nSPS) is 11.9. The molecule has 0 aromatic heterocycles. The number of hydrogen-bond donors (Lipinski definition) is 1. The monoisotopic (exact) mass is 173 g/mol. The van der Waals surface area contributed by atoms with E-state index in [-0.39, 0.29) is 0 Å². The van der Waals surface area contributed by atoms with Gasteiger partial charge in [0.2, 0.25) is 11.8 Å². The van der Waals surface area contributed by atoms with Gasteiger partial charge in [-0.1, -0.05) is 0 Å². The van der Waals surface area contributed by atoms with E-state index in [1.807, 2.05) is 0 Å². The van der Waals surface area contributed by atoms with E-state index in [1.54, 1.807) is 0 Å². The van der Waals surface area contributed by atoms with E-state index in [1.165, 1.54) is 6.92 Å². The number of imide groups is 1. The van der Waals surface area contributed by atoms with Crippen molar-refractivity contribution in [1.82, 2.24) is 4.90 Å². The van der Waals surface area contributed by atoms with Crippen molar-refractivity contribution in [3.63, 3.8) is 0 Å². The van der Waals surface area contributed by atoms with Crippen molar-refractivity contribution in [3.05, 3.63) is 0 Å². The molecule has 0 fully saturated rings. The van der Waals surface area contributed by atoms with Crippen LogP contribution in [0.15, 0.2) is 0 Å². The first kappa shape index (κ1) is 10.6. The third-order valence-corrected chi connectivity index (χ3v) is 1.42. The van der Waals surface area contributed by atoms with Crippen molar-refractivity contribution in [3.8, 4) is 0 Å². The SMILES string of the molecule is CC(=O)N(C(C)=O)C(C)C(=O)O. The summed E-state index contributed by atoms with van der Waals surface area (Å²) in [5.74, 6) is -2.31. The first-order valence-corrected chi connectivity index (χ1v) is 3.41. The average Bonchev–Trinajstić information content (AvgIpc) is 1.85. The Morgan fingerprint density at radius 3 is 1.58 bits per heavy atom. The Morgan fingerprint density at radius 1 is 1.17 bits per heavy atom. The molecule has 5 heteroatoms. The van der Waals surface area contributed by atoms with E-state index < -0.39 is 23.8 Å². The van der Waals surface area contributed by atoms with Crippen molar-refractivity contribution in [2.45, 2.75) is 26.8 Å². The number of hydrogen-bond acceptors (Lipinski definition) is 3. The quantitative estimate of drug-likeness (QED) is 0.630. The molecule has 0 aliphatic rings. The molecule has 0 saturated carbocycles. The van der Waals surface area contributed by atoms with Gasteiger partial charge in [-0.15, -0.1) is 0 Å². The molecule has 0 aliphatic heterocycles. The Balaban J connectivity index is 4.63. The molecule has 1 atom stereocenters. The maximum atomic E-state index is 10.8. The number of carboxylic acids is 1. The zero-order valence-electron chi connectivity index (χ0n) is 7.20. The number of carbonyl (C=O) groups is 3. The molecule has 0 saturated heterocycles. The van der Waals surface area contributed by atoms with Gasteiger partial charge in [-0.3, -0.25) is 14.5 Å². The highest BCUT2D eigenvalue weighted by atomic mass is 16.4. The number of amides is 2. The summed E-state index contributed by atoms with van der Waals surface area (Å²) in [5.41, 5.74) is 0. The molecular formula is C7H11NO4. The lowest BCUT2D eigenvalue weighted by atomic mass is 10.3. The lowest BCUT2D eigenvalue weighted by molar-refractivity contribution is -0.155. The highest BCUT2D eigenvalue weighted by molar-refractivity contribution is 5.97. The van der Waals surface area contributed by atoms with Crippen LogP contribution in [0.3, 0.4) is 0 Å². The van der Waals surface area contributed by atoms with Crippen molar-refractivity contribution in [2.75, 3.05) is 0 Å². The highest BCUT2D eigenvalue weighted by Crippen LogP contribution is 2.00. The maximum absolute atomic E-state index is 10.8. The van der Waals surface area contributed by atoms with Gasteiger partial charge in [0, 0.05) is 13.8 Å². The van der Waals surface area contributed by atoms with Gasteiger partial charge in [0.1, 0.15) is 6.04 Å². The third kappa shape index (κ3) is 2.34. The van der Waals surface area contributed by atoms with Gasteiger partial charge >= 0.3 is 5.97 Å². The molecule has 5 nitrogen and oxygen atoms in total. The summed E-state index contributed by atoms with van der Waals surface area (Å²) >= 11 is 0. The summed E-state index contributed by atoms with van der Waals surface area (Å²) in [5, 5.41) is 8.50.